The van der Waals surface area contributed by atoms with Gasteiger partial charge in [0.2, 0.25) is 5.91 Å². The second-order valence-electron chi connectivity index (χ2n) is 6.42. The molecule has 0 saturated carbocycles. The summed E-state index contributed by atoms with van der Waals surface area (Å²) in [5, 5.41) is 9.03. The molecule has 0 bridgehead atoms. The van der Waals surface area contributed by atoms with E-state index in [4.69, 9.17) is 4.52 Å². The molecule has 2 amide bonds. The quantitative estimate of drug-likeness (QED) is 0.593. The monoisotopic (exact) mass is 395 g/mol. The first-order valence-electron chi connectivity index (χ1n) is 8.79. The Kier molecular flexibility index (Phi) is 6.16. The first kappa shape index (κ1) is 19.7. The molecule has 3 rings (SSSR count). The third-order valence-electron chi connectivity index (χ3n) is 3.93. The summed E-state index contributed by atoms with van der Waals surface area (Å²) in [6.45, 7) is 5.52. The Morgan fingerprint density at radius 1 is 1.04 bits per heavy atom. The molecular weight excluding hydrogens is 374 g/mol. The van der Waals surface area contributed by atoms with Crippen molar-refractivity contribution in [2.24, 2.45) is 0 Å². The number of nitrogens with one attached hydrogen (secondary N) is 2. The number of aromatic nitrogens is 1. The minimum absolute atomic E-state index is 0.168. The summed E-state index contributed by atoms with van der Waals surface area (Å²) in [6.07, 6.45) is 0. The molecule has 0 radical (unpaired) electrons. The van der Waals surface area contributed by atoms with Gasteiger partial charge in [-0.05, 0) is 51.1 Å². The Balaban J connectivity index is 1.62. The zero-order valence-corrected chi connectivity index (χ0v) is 16.7. The van der Waals surface area contributed by atoms with Gasteiger partial charge in [0, 0.05) is 22.2 Å². The van der Waals surface area contributed by atoms with Crippen molar-refractivity contribution in [2.75, 3.05) is 10.6 Å². The smallest absolute Gasteiger partial charge is 0.255 e. The normalized spacial score (nSPS) is 11.7. The van der Waals surface area contributed by atoms with Gasteiger partial charge >= 0.3 is 0 Å². The van der Waals surface area contributed by atoms with Crippen molar-refractivity contribution in [2.45, 2.75) is 30.9 Å². The van der Waals surface area contributed by atoms with Crippen LogP contribution < -0.4 is 10.6 Å². The zero-order valence-electron chi connectivity index (χ0n) is 15.9. The Morgan fingerprint density at radius 3 is 2.54 bits per heavy atom. The van der Waals surface area contributed by atoms with Gasteiger partial charge in [-0.15, -0.1) is 11.8 Å². The largest absolute Gasteiger partial charge is 0.360 e. The summed E-state index contributed by atoms with van der Waals surface area (Å²) < 4.78 is 4.95. The fraction of sp³-hybridized carbons (Fsp3) is 0.190. The van der Waals surface area contributed by atoms with Crippen LogP contribution in [0.25, 0.3) is 0 Å². The lowest BCUT2D eigenvalue weighted by Gasteiger charge is -2.12. The van der Waals surface area contributed by atoms with Crippen LogP contribution in [0.1, 0.15) is 28.6 Å². The molecule has 2 aromatic carbocycles. The van der Waals surface area contributed by atoms with Crippen molar-refractivity contribution in [1.29, 1.82) is 0 Å². The number of hydrogen-bond donors (Lipinski definition) is 2. The van der Waals surface area contributed by atoms with Gasteiger partial charge in [-0.1, -0.05) is 28.9 Å². The minimum atomic E-state index is -0.347. The van der Waals surface area contributed by atoms with E-state index in [9.17, 15) is 9.59 Å². The predicted octanol–water partition coefficient (Wildman–Crippen LogP) is 4.66. The lowest BCUT2D eigenvalue weighted by Crippen LogP contribution is -2.22. The maximum atomic E-state index is 12.4. The van der Waals surface area contributed by atoms with E-state index in [0.29, 0.717) is 22.8 Å². The standard InChI is InChI=1S/C21H21N3O3S/c1-13-6-4-7-16(10-13)21(26)22-17-8-5-9-18(12-17)28-15(3)20(25)23-19-11-14(2)27-24-19/h4-12,15H,1-3H3,(H,22,26)(H,23,24,25). The lowest BCUT2D eigenvalue weighted by atomic mass is 10.1. The second kappa shape index (κ2) is 8.75. The molecule has 1 aromatic heterocycles. The van der Waals surface area contributed by atoms with Gasteiger partial charge in [0.1, 0.15) is 5.76 Å². The maximum Gasteiger partial charge on any atom is 0.255 e. The molecule has 1 atom stereocenters. The van der Waals surface area contributed by atoms with Crippen LogP contribution in [0.3, 0.4) is 0 Å². The number of aryl methyl sites for hydroxylation is 2. The SMILES string of the molecule is Cc1cccc(C(=O)Nc2cccc(SC(C)C(=O)Nc3cc(C)on3)c2)c1. The Morgan fingerprint density at radius 2 is 1.82 bits per heavy atom. The van der Waals surface area contributed by atoms with Crippen LogP contribution in [0.2, 0.25) is 0 Å². The number of nitrogens with zero attached hydrogens (tertiary/aromatic N) is 1. The van der Waals surface area contributed by atoms with Crippen LogP contribution in [0.4, 0.5) is 11.5 Å². The minimum Gasteiger partial charge on any atom is -0.360 e. The molecule has 28 heavy (non-hydrogen) atoms. The molecule has 144 valence electrons. The van der Waals surface area contributed by atoms with Gasteiger partial charge in [0.25, 0.3) is 5.91 Å². The van der Waals surface area contributed by atoms with Crippen LogP contribution in [-0.4, -0.2) is 22.2 Å². The summed E-state index contributed by atoms with van der Waals surface area (Å²) in [4.78, 5) is 25.6. The lowest BCUT2D eigenvalue weighted by molar-refractivity contribution is -0.115. The number of hydrogen-bond acceptors (Lipinski definition) is 5. The molecule has 1 heterocycles. The van der Waals surface area contributed by atoms with Crippen LogP contribution in [0.5, 0.6) is 0 Å². The molecule has 2 N–H and O–H groups in total. The molecule has 0 saturated heterocycles. The van der Waals surface area contributed by atoms with Gasteiger partial charge in [-0.25, -0.2) is 0 Å². The van der Waals surface area contributed by atoms with Crippen LogP contribution in [0, 0.1) is 13.8 Å². The highest BCUT2D eigenvalue weighted by Crippen LogP contribution is 2.27. The number of carbonyl (C=O) groups excluding carboxylic acids is 2. The average molecular weight is 395 g/mol. The van der Waals surface area contributed by atoms with Crippen LogP contribution >= 0.6 is 11.8 Å². The summed E-state index contributed by atoms with van der Waals surface area (Å²) in [7, 11) is 0. The van der Waals surface area contributed by atoms with E-state index in [1.165, 1.54) is 11.8 Å². The molecule has 0 spiro atoms. The van der Waals surface area contributed by atoms with Crippen molar-refractivity contribution >= 4 is 35.1 Å². The first-order valence-corrected chi connectivity index (χ1v) is 9.67. The molecule has 0 aliphatic heterocycles. The third kappa shape index (κ3) is 5.23. The number of carbonyl (C=O) groups is 2. The summed E-state index contributed by atoms with van der Waals surface area (Å²) >= 11 is 1.40. The first-order chi connectivity index (χ1) is 13.4. The zero-order chi connectivity index (χ0) is 20.1. The topological polar surface area (TPSA) is 84.2 Å². The van der Waals surface area contributed by atoms with E-state index in [1.807, 2.05) is 56.3 Å². The fourth-order valence-corrected chi connectivity index (χ4v) is 3.47. The van der Waals surface area contributed by atoms with Gasteiger partial charge < -0.3 is 15.2 Å². The molecular formula is C21H21N3O3S. The number of rotatable bonds is 6. The molecule has 6 nitrogen and oxygen atoms in total. The Hall–Kier alpha value is -3.06. The molecule has 0 fully saturated rings. The van der Waals surface area contributed by atoms with Gasteiger partial charge in [-0.2, -0.15) is 0 Å². The van der Waals surface area contributed by atoms with Crippen molar-refractivity contribution in [3.63, 3.8) is 0 Å². The maximum absolute atomic E-state index is 12.4. The average Bonchev–Trinajstić information content (AvgIpc) is 3.06. The number of thioether (sulfide) groups is 1. The fourth-order valence-electron chi connectivity index (χ4n) is 2.55. The summed E-state index contributed by atoms with van der Waals surface area (Å²) in [5.74, 6) is 0.687. The van der Waals surface area contributed by atoms with E-state index >= 15 is 0 Å². The van der Waals surface area contributed by atoms with Crippen molar-refractivity contribution in [3.8, 4) is 0 Å². The summed E-state index contributed by atoms with van der Waals surface area (Å²) in [6, 6.07) is 16.5. The van der Waals surface area contributed by atoms with Crippen LogP contribution in [-0.2, 0) is 4.79 Å². The number of anilines is 2. The van der Waals surface area contributed by atoms with Crippen molar-refractivity contribution in [3.05, 3.63) is 71.5 Å². The van der Waals surface area contributed by atoms with E-state index in [2.05, 4.69) is 15.8 Å². The summed E-state index contributed by atoms with van der Waals surface area (Å²) in [5.41, 5.74) is 2.31. The predicted molar refractivity (Wildman–Crippen MR) is 111 cm³/mol. The van der Waals surface area contributed by atoms with Crippen molar-refractivity contribution in [1.82, 2.24) is 5.16 Å². The number of amides is 2. The van der Waals surface area contributed by atoms with Gasteiger partial charge in [-0.3, -0.25) is 9.59 Å². The molecule has 1 unspecified atom stereocenters. The molecule has 0 aliphatic rings. The highest BCUT2D eigenvalue weighted by Gasteiger charge is 2.16. The van der Waals surface area contributed by atoms with Gasteiger partial charge in [0.05, 0.1) is 5.25 Å². The van der Waals surface area contributed by atoms with E-state index in [1.54, 1.807) is 19.1 Å². The van der Waals surface area contributed by atoms with E-state index in [0.717, 1.165) is 10.5 Å². The Labute approximate surface area is 167 Å². The number of benzene rings is 2. The molecule has 3 aromatic rings. The molecule has 0 aliphatic carbocycles. The third-order valence-corrected chi connectivity index (χ3v) is 5.03. The van der Waals surface area contributed by atoms with Gasteiger partial charge in [0.15, 0.2) is 5.82 Å². The van der Waals surface area contributed by atoms with E-state index in [-0.39, 0.29) is 17.1 Å². The van der Waals surface area contributed by atoms with E-state index < -0.39 is 0 Å². The highest BCUT2D eigenvalue weighted by atomic mass is 32.2. The second-order valence-corrected chi connectivity index (χ2v) is 7.84. The Bertz CT molecular complexity index is 1000. The molecule has 7 heteroatoms. The van der Waals surface area contributed by atoms with Crippen molar-refractivity contribution < 1.29 is 14.1 Å². The van der Waals surface area contributed by atoms with Crippen LogP contribution in [0.15, 0.2) is 64.0 Å². The highest BCUT2D eigenvalue weighted by molar-refractivity contribution is 8.00.